The lowest BCUT2D eigenvalue weighted by atomic mass is 10.1. The van der Waals surface area contributed by atoms with Crippen molar-refractivity contribution in [3.8, 4) is 0 Å². The van der Waals surface area contributed by atoms with Crippen molar-refractivity contribution in [3.63, 3.8) is 0 Å². The molecule has 0 spiro atoms. The fraction of sp³-hybridized carbons (Fsp3) is 0.286. The van der Waals surface area contributed by atoms with E-state index in [9.17, 15) is 0 Å². The second-order valence-electron chi connectivity index (χ2n) is 6.27. The Morgan fingerprint density at radius 2 is 1.77 bits per heavy atom. The monoisotopic (exact) mass is 462 g/mol. The number of aryl methyl sites for hydroxylation is 1. The van der Waals surface area contributed by atoms with Gasteiger partial charge >= 0.3 is 0 Å². The molecule has 5 heteroatoms. The molecule has 0 saturated heterocycles. The molecule has 3 rings (SSSR count). The average molecular weight is 462 g/mol. The van der Waals surface area contributed by atoms with E-state index in [4.69, 9.17) is 0 Å². The van der Waals surface area contributed by atoms with Crippen molar-refractivity contribution in [2.75, 3.05) is 20.1 Å². The first-order chi connectivity index (χ1) is 12.3. The smallest absolute Gasteiger partial charge is 0.190 e. The molecule has 4 nitrogen and oxygen atoms in total. The van der Waals surface area contributed by atoms with E-state index in [2.05, 4.69) is 82.3 Å². The molecule has 0 aliphatic rings. The maximum Gasteiger partial charge on any atom is 0.190 e. The number of halogens is 1. The van der Waals surface area contributed by atoms with Crippen LogP contribution in [0.3, 0.4) is 0 Å². The topological polar surface area (TPSA) is 52.2 Å². The summed E-state index contributed by atoms with van der Waals surface area (Å²) in [6, 6.07) is 17.0. The molecule has 0 atom stereocenters. The van der Waals surface area contributed by atoms with Crippen LogP contribution in [0.2, 0.25) is 0 Å². The second kappa shape index (κ2) is 10.2. The van der Waals surface area contributed by atoms with Gasteiger partial charge in [0.15, 0.2) is 5.96 Å². The Hall–Kier alpha value is -2.02. The van der Waals surface area contributed by atoms with Crippen LogP contribution in [-0.4, -0.2) is 31.1 Å². The van der Waals surface area contributed by atoms with Gasteiger partial charge in [-0.15, -0.1) is 24.0 Å². The molecule has 0 amide bonds. The zero-order valence-electron chi connectivity index (χ0n) is 15.4. The molecule has 26 heavy (non-hydrogen) atoms. The number of aromatic nitrogens is 1. The lowest BCUT2D eigenvalue weighted by Gasteiger charge is -2.12. The predicted molar refractivity (Wildman–Crippen MR) is 122 cm³/mol. The number of nitrogens with one attached hydrogen (secondary N) is 3. The number of hydrogen-bond acceptors (Lipinski definition) is 1. The lowest BCUT2D eigenvalue weighted by Crippen LogP contribution is -2.39. The quantitative estimate of drug-likeness (QED) is 0.294. The highest BCUT2D eigenvalue weighted by molar-refractivity contribution is 14.0. The highest BCUT2D eigenvalue weighted by Gasteiger charge is 2.03. The van der Waals surface area contributed by atoms with E-state index in [1.165, 1.54) is 27.6 Å². The van der Waals surface area contributed by atoms with Crippen molar-refractivity contribution < 1.29 is 0 Å². The van der Waals surface area contributed by atoms with Crippen LogP contribution in [0.4, 0.5) is 0 Å². The third-order valence-electron chi connectivity index (χ3n) is 4.37. The molecule has 138 valence electrons. The van der Waals surface area contributed by atoms with Gasteiger partial charge in [-0.2, -0.15) is 0 Å². The zero-order valence-corrected chi connectivity index (χ0v) is 17.7. The van der Waals surface area contributed by atoms with Crippen molar-refractivity contribution in [2.24, 2.45) is 4.99 Å². The van der Waals surface area contributed by atoms with Gasteiger partial charge < -0.3 is 15.6 Å². The molecular weight excluding hydrogens is 435 g/mol. The van der Waals surface area contributed by atoms with Gasteiger partial charge in [-0.1, -0.05) is 48.0 Å². The molecule has 3 N–H and O–H groups in total. The van der Waals surface area contributed by atoms with Crippen molar-refractivity contribution in [3.05, 3.63) is 71.4 Å². The number of rotatable bonds is 6. The molecule has 1 heterocycles. The first kappa shape index (κ1) is 20.3. The Kier molecular flexibility index (Phi) is 7.97. The predicted octanol–water partition coefficient (Wildman–Crippen LogP) is 4.04. The van der Waals surface area contributed by atoms with E-state index in [1.807, 2.05) is 7.05 Å². The maximum absolute atomic E-state index is 4.30. The van der Waals surface area contributed by atoms with Crippen LogP contribution in [0.15, 0.2) is 59.7 Å². The minimum Gasteiger partial charge on any atom is -0.361 e. The third-order valence-corrected chi connectivity index (χ3v) is 4.37. The maximum atomic E-state index is 4.30. The average Bonchev–Trinajstić information content (AvgIpc) is 3.04. The van der Waals surface area contributed by atoms with Crippen molar-refractivity contribution in [1.82, 2.24) is 15.6 Å². The number of nitrogens with zero attached hydrogens (tertiary/aromatic N) is 1. The van der Waals surface area contributed by atoms with Crippen molar-refractivity contribution >= 4 is 40.8 Å². The Morgan fingerprint density at radius 3 is 2.54 bits per heavy atom. The largest absolute Gasteiger partial charge is 0.361 e. The summed E-state index contributed by atoms with van der Waals surface area (Å²) in [5.74, 6) is 0.854. The van der Waals surface area contributed by atoms with Crippen LogP contribution in [-0.2, 0) is 12.8 Å². The molecule has 2 aromatic carbocycles. The van der Waals surface area contributed by atoms with E-state index in [1.54, 1.807) is 0 Å². The second-order valence-corrected chi connectivity index (χ2v) is 6.27. The van der Waals surface area contributed by atoms with Crippen LogP contribution in [0, 0.1) is 6.92 Å². The number of aromatic amines is 1. The highest BCUT2D eigenvalue weighted by atomic mass is 127. The van der Waals surface area contributed by atoms with Crippen LogP contribution >= 0.6 is 24.0 Å². The lowest BCUT2D eigenvalue weighted by molar-refractivity contribution is 0.785. The summed E-state index contributed by atoms with van der Waals surface area (Å²) in [6.07, 6.45) is 4.05. The van der Waals surface area contributed by atoms with Crippen LogP contribution < -0.4 is 10.6 Å². The van der Waals surface area contributed by atoms with E-state index in [-0.39, 0.29) is 24.0 Å². The number of H-pyrrole nitrogens is 1. The number of fused-ring (bicyclic) bond motifs is 1. The van der Waals surface area contributed by atoms with E-state index in [0.29, 0.717) is 0 Å². The van der Waals surface area contributed by atoms with Gasteiger partial charge in [-0.05, 0) is 37.0 Å². The molecule has 0 aliphatic carbocycles. The van der Waals surface area contributed by atoms with Gasteiger partial charge in [0.05, 0.1) is 0 Å². The van der Waals surface area contributed by atoms with Gasteiger partial charge in [0.25, 0.3) is 0 Å². The standard InChI is InChI=1S/C21H26N4.HI/c1-16-6-5-7-17(14-16)10-12-23-21(22-2)24-13-11-18-15-25-20-9-4-3-8-19(18)20;/h3-9,14-15,25H,10-13H2,1-2H3,(H2,22,23,24);1H. The number of aliphatic imine (C=N–C) groups is 1. The molecule has 0 saturated carbocycles. The number of hydrogen-bond donors (Lipinski definition) is 3. The minimum atomic E-state index is 0. The summed E-state index contributed by atoms with van der Waals surface area (Å²) in [4.78, 5) is 7.63. The van der Waals surface area contributed by atoms with E-state index in [0.717, 1.165) is 31.9 Å². The third kappa shape index (κ3) is 5.49. The first-order valence-corrected chi connectivity index (χ1v) is 8.81. The molecule has 0 fully saturated rings. The molecule has 0 aliphatic heterocycles. The first-order valence-electron chi connectivity index (χ1n) is 8.81. The molecule has 0 bridgehead atoms. The number of benzene rings is 2. The summed E-state index contributed by atoms with van der Waals surface area (Å²) in [6.45, 7) is 3.85. The van der Waals surface area contributed by atoms with Gasteiger partial charge in [-0.25, -0.2) is 0 Å². The van der Waals surface area contributed by atoms with Crippen LogP contribution in [0.5, 0.6) is 0 Å². The molecule has 3 aromatic rings. The summed E-state index contributed by atoms with van der Waals surface area (Å²) < 4.78 is 0. The molecular formula is C21H27IN4. The zero-order chi connectivity index (χ0) is 17.5. The Balaban J connectivity index is 0.00000243. The van der Waals surface area contributed by atoms with Crippen molar-refractivity contribution in [2.45, 2.75) is 19.8 Å². The Labute approximate surface area is 172 Å². The summed E-state index contributed by atoms with van der Waals surface area (Å²) in [5, 5.41) is 8.08. The van der Waals surface area contributed by atoms with Gasteiger partial charge in [0, 0.05) is 37.2 Å². The van der Waals surface area contributed by atoms with Gasteiger partial charge in [0.2, 0.25) is 0 Å². The number of para-hydroxylation sites is 1. The molecule has 1 aromatic heterocycles. The molecule has 0 unspecified atom stereocenters. The van der Waals surface area contributed by atoms with Crippen LogP contribution in [0.1, 0.15) is 16.7 Å². The van der Waals surface area contributed by atoms with Crippen LogP contribution in [0.25, 0.3) is 10.9 Å². The normalized spacial score (nSPS) is 11.2. The van der Waals surface area contributed by atoms with E-state index >= 15 is 0 Å². The fourth-order valence-corrected chi connectivity index (χ4v) is 3.07. The number of guanidine groups is 1. The summed E-state index contributed by atoms with van der Waals surface area (Å²) in [5.41, 5.74) is 5.18. The summed E-state index contributed by atoms with van der Waals surface area (Å²) >= 11 is 0. The van der Waals surface area contributed by atoms with Crippen molar-refractivity contribution in [1.29, 1.82) is 0 Å². The fourth-order valence-electron chi connectivity index (χ4n) is 3.07. The minimum absolute atomic E-state index is 0. The SMILES string of the molecule is CN=C(NCCc1cccc(C)c1)NCCc1c[nH]c2ccccc12.I. The highest BCUT2D eigenvalue weighted by Crippen LogP contribution is 2.17. The van der Waals surface area contributed by atoms with Gasteiger partial charge in [0.1, 0.15) is 0 Å². The van der Waals surface area contributed by atoms with Gasteiger partial charge in [-0.3, -0.25) is 4.99 Å². The summed E-state index contributed by atoms with van der Waals surface area (Å²) in [7, 11) is 1.81. The molecule has 0 radical (unpaired) electrons. The Bertz CT molecular complexity index is 854. The van der Waals surface area contributed by atoms with E-state index < -0.39 is 0 Å². The Morgan fingerprint density at radius 1 is 1.00 bits per heavy atom.